The summed E-state index contributed by atoms with van der Waals surface area (Å²) in [6, 6.07) is 27.2. The van der Waals surface area contributed by atoms with Crippen LogP contribution in [0.15, 0.2) is 89.3 Å². The Morgan fingerprint density at radius 1 is 0.800 bits per heavy atom. The van der Waals surface area contributed by atoms with Crippen LogP contribution in [0.4, 0.5) is 5.69 Å². The SMILES string of the molecule is O=C(Nc1ccc(CC(=O)N2CCN(CCc3ccccc3)CC2)cc1)c1cc2ccccc2o1. The molecule has 0 atom stereocenters. The van der Waals surface area contributed by atoms with Crippen LogP contribution >= 0.6 is 0 Å². The Balaban J connectivity index is 1.09. The van der Waals surface area contributed by atoms with Gasteiger partial charge in [0.1, 0.15) is 5.58 Å². The number of anilines is 1. The fourth-order valence-electron chi connectivity index (χ4n) is 4.43. The molecule has 6 heteroatoms. The molecular formula is C29H29N3O3. The highest BCUT2D eigenvalue weighted by molar-refractivity contribution is 6.04. The third-order valence-electron chi connectivity index (χ3n) is 6.50. The molecule has 1 saturated heterocycles. The van der Waals surface area contributed by atoms with Crippen molar-refractivity contribution >= 4 is 28.5 Å². The van der Waals surface area contributed by atoms with E-state index in [1.807, 2.05) is 59.5 Å². The van der Waals surface area contributed by atoms with Gasteiger partial charge in [0.25, 0.3) is 5.91 Å². The van der Waals surface area contributed by atoms with Crippen LogP contribution in [-0.2, 0) is 17.6 Å². The zero-order valence-corrected chi connectivity index (χ0v) is 19.7. The molecule has 35 heavy (non-hydrogen) atoms. The maximum Gasteiger partial charge on any atom is 0.291 e. The largest absolute Gasteiger partial charge is 0.451 e. The Labute approximate surface area is 205 Å². The van der Waals surface area contributed by atoms with Gasteiger partial charge in [0.2, 0.25) is 5.91 Å². The van der Waals surface area contributed by atoms with Crippen LogP contribution < -0.4 is 5.32 Å². The van der Waals surface area contributed by atoms with Gasteiger partial charge in [0.05, 0.1) is 6.42 Å². The fourth-order valence-corrected chi connectivity index (χ4v) is 4.43. The van der Waals surface area contributed by atoms with Crippen molar-refractivity contribution in [2.45, 2.75) is 12.8 Å². The smallest absolute Gasteiger partial charge is 0.291 e. The standard InChI is InChI=1S/C29H29N3O3/c33-28(32-18-16-31(17-19-32)15-14-22-6-2-1-3-7-22)20-23-10-12-25(13-11-23)30-29(34)27-21-24-8-4-5-9-26(24)35-27/h1-13,21H,14-20H2,(H,30,34). The molecule has 0 spiro atoms. The molecule has 4 aromatic rings. The molecule has 0 unspecified atom stereocenters. The Kier molecular flexibility index (Phi) is 6.91. The first-order chi connectivity index (χ1) is 17.1. The zero-order valence-electron chi connectivity index (χ0n) is 19.7. The van der Waals surface area contributed by atoms with Gasteiger partial charge in [-0.2, -0.15) is 0 Å². The summed E-state index contributed by atoms with van der Waals surface area (Å²) in [7, 11) is 0. The molecular weight excluding hydrogens is 438 g/mol. The second kappa shape index (κ2) is 10.6. The van der Waals surface area contributed by atoms with E-state index >= 15 is 0 Å². The lowest BCUT2D eigenvalue weighted by molar-refractivity contribution is -0.132. The average molecular weight is 468 g/mol. The predicted molar refractivity (Wildman–Crippen MR) is 137 cm³/mol. The molecule has 6 nitrogen and oxygen atoms in total. The Morgan fingerprint density at radius 3 is 2.26 bits per heavy atom. The Morgan fingerprint density at radius 2 is 1.51 bits per heavy atom. The van der Waals surface area contributed by atoms with Crippen molar-refractivity contribution in [2.75, 3.05) is 38.0 Å². The van der Waals surface area contributed by atoms with Crippen molar-refractivity contribution < 1.29 is 14.0 Å². The molecule has 178 valence electrons. The number of furan rings is 1. The van der Waals surface area contributed by atoms with Gasteiger partial charge in [-0.1, -0.05) is 60.7 Å². The van der Waals surface area contributed by atoms with Crippen LogP contribution in [-0.4, -0.2) is 54.3 Å². The number of amides is 2. The molecule has 0 aliphatic carbocycles. The zero-order chi connectivity index (χ0) is 24.0. The van der Waals surface area contributed by atoms with Crippen molar-refractivity contribution in [3.63, 3.8) is 0 Å². The van der Waals surface area contributed by atoms with E-state index in [1.165, 1.54) is 5.56 Å². The maximum absolute atomic E-state index is 12.8. The quantitative estimate of drug-likeness (QED) is 0.431. The van der Waals surface area contributed by atoms with Crippen LogP contribution in [0, 0.1) is 0 Å². The van der Waals surface area contributed by atoms with Gasteiger partial charge in [-0.25, -0.2) is 0 Å². The van der Waals surface area contributed by atoms with Gasteiger partial charge in [-0.05, 0) is 41.8 Å². The summed E-state index contributed by atoms with van der Waals surface area (Å²) >= 11 is 0. The van der Waals surface area contributed by atoms with Gasteiger partial charge >= 0.3 is 0 Å². The normalized spacial score (nSPS) is 14.2. The second-order valence-electron chi connectivity index (χ2n) is 8.93. The highest BCUT2D eigenvalue weighted by Crippen LogP contribution is 2.20. The average Bonchev–Trinajstić information content (AvgIpc) is 3.34. The number of hydrogen-bond acceptors (Lipinski definition) is 4. The van der Waals surface area contributed by atoms with Crippen molar-refractivity contribution in [1.82, 2.24) is 9.80 Å². The van der Waals surface area contributed by atoms with Crippen molar-refractivity contribution in [2.24, 2.45) is 0 Å². The van der Waals surface area contributed by atoms with Crippen LogP contribution in [0.3, 0.4) is 0 Å². The molecule has 1 fully saturated rings. The first-order valence-corrected chi connectivity index (χ1v) is 12.1. The minimum Gasteiger partial charge on any atom is -0.451 e. The number of fused-ring (bicyclic) bond motifs is 1. The van der Waals surface area contributed by atoms with Gasteiger partial charge in [0, 0.05) is 43.8 Å². The summed E-state index contributed by atoms with van der Waals surface area (Å²) in [5.74, 6) is 0.121. The van der Waals surface area contributed by atoms with Crippen molar-refractivity contribution in [3.8, 4) is 0 Å². The minimum absolute atomic E-state index is 0.145. The number of nitrogens with one attached hydrogen (secondary N) is 1. The molecule has 1 N–H and O–H groups in total. The highest BCUT2D eigenvalue weighted by atomic mass is 16.3. The van der Waals surface area contributed by atoms with Gasteiger partial charge in [-0.3, -0.25) is 14.5 Å². The highest BCUT2D eigenvalue weighted by Gasteiger charge is 2.21. The number of piperazine rings is 1. The number of carbonyl (C=O) groups excluding carboxylic acids is 2. The van der Waals surface area contributed by atoms with Crippen LogP contribution in [0.1, 0.15) is 21.7 Å². The van der Waals surface area contributed by atoms with Crippen LogP contribution in [0.2, 0.25) is 0 Å². The number of para-hydroxylation sites is 1. The summed E-state index contributed by atoms with van der Waals surface area (Å²) in [5.41, 5.74) is 3.63. The summed E-state index contributed by atoms with van der Waals surface area (Å²) in [5, 5.41) is 3.75. The van der Waals surface area contributed by atoms with E-state index in [0.717, 1.165) is 50.1 Å². The third-order valence-corrected chi connectivity index (χ3v) is 6.50. The first kappa shape index (κ1) is 22.9. The van der Waals surface area contributed by atoms with Crippen LogP contribution in [0.5, 0.6) is 0 Å². The molecule has 0 saturated carbocycles. The molecule has 0 bridgehead atoms. The number of rotatable bonds is 7. The lowest BCUT2D eigenvalue weighted by atomic mass is 10.1. The maximum atomic E-state index is 12.8. The number of benzene rings is 3. The Hall–Kier alpha value is -3.90. The number of nitrogens with zero attached hydrogens (tertiary/aromatic N) is 2. The van der Waals surface area contributed by atoms with E-state index < -0.39 is 0 Å². The van der Waals surface area contributed by atoms with E-state index in [0.29, 0.717) is 17.7 Å². The lowest BCUT2D eigenvalue weighted by Crippen LogP contribution is -2.49. The van der Waals surface area contributed by atoms with Crippen LogP contribution in [0.25, 0.3) is 11.0 Å². The van der Waals surface area contributed by atoms with E-state index in [9.17, 15) is 9.59 Å². The van der Waals surface area contributed by atoms with Crippen molar-refractivity contribution in [1.29, 1.82) is 0 Å². The van der Waals surface area contributed by atoms with Gasteiger partial charge in [-0.15, -0.1) is 0 Å². The van der Waals surface area contributed by atoms with Crippen molar-refractivity contribution in [3.05, 3.63) is 102 Å². The Bertz CT molecular complexity index is 1260. The molecule has 1 aliphatic heterocycles. The van der Waals surface area contributed by atoms with E-state index in [2.05, 4.69) is 34.5 Å². The van der Waals surface area contributed by atoms with E-state index in [1.54, 1.807) is 6.07 Å². The molecule has 1 aromatic heterocycles. The molecule has 5 rings (SSSR count). The first-order valence-electron chi connectivity index (χ1n) is 12.1. The number of carbonyl (C=O) groups is 2. The molecule has 2 heterocycles. The summed E-state index contributed by atoms with van der Waals surface area (Å²) in [6.45, 7) is 4.36. The molecule has 1 aliphatic rings. The van der Waals surface area contributed by atoms with Gasteiger partial charge in [0.15, 0.2) is 5.76 Å². The predicted octanol–water partition coefficient (Wildman–Crippen LogP) is 4.61. The summed E-state index contributed by atoms with van der Waals surface area (Å²) in [4.78, 5) is 29.7. The van der Waals surface area contributed by atoms with E-state index in [-0.39, 0.29) is 17.6 Å². The summed E-state index contributed by atoms with van der Waals surface area (Å²) in [6.07, 6.45) is 1.40. The topological polar surface area (TPSA) is 65.8 Å². The summed E-state index contributed by atoms with van der Waals surface area (Å²) < 4.78 is 5.63. The lowest BCUT2D eigenvalue weighted by Gasteiger charge is -2.34. The minimum atomic E-state index is -0.296. The van der Waals surface area contributed by atoms with E-state index in [4.69, 9.17) is 4.42 Å². The second-order valence-corrected chi connectivity index (χ2v) is 8.93. The molecule has 2 amide bonds. The fraction of sp³-hybridized carbons (Fsp3) is 0.241. The molecule has 0 radical (unpaired) electrons. The monoisotopic (exact) mass is 467 g/mol. The van der Waals surface area contributed by atoms with Gasteiger partial charge < -0.3 is 14.6 Å². The molecule has 3 aromatic carbocycles. The number of hydrogen-bond donors (Lipinski definition) is 1. The third kappa shape index (κ3) is 5.78.